The second kappa shape index (κ2) is 5.75. The number of hydrogen-bond acceptors (Lipinski definition) is 4. The van der Waals surface area contributed by atoms with E-state index in [9.17, 15) is 19.3 Å². The van der Waals surface area contributed by atoms with Crippen molar-refractivity contribution in [3.63, 3.8) is 0 Å². The fraction of sp³-hybridized carbons (Fsp3) is 0.417. The van der Waals surface area contributed by atoms with E-state index in [-0.39, 0.29) is 18.1 Å². The van der Waals surface area contributed by atoms with E-state index in [4.69, 9.17) is 0 Å². The molecule has 0 unspecified atom stereocenters. The highest BCUT2D eigenvalue weighted by atomic mass is 19.1. The molecule has 1 aromatic rings. The number of hydrogen-bond donors (Lipinski definition) is 2. The molecule has 7 heteroatoms. The van der Waals surface area contributed by atoms with Crippen LogP contribution in [0.1, 0.15) is 12.8 Å². The molecule has 0 spiro atoms. The van der Waals surface area contributed by atoms with Gasteiger partial charge >= 0.3 is 5.69 Å². The normalized spacial score (nSPS) is 14.2. The van der Waals surface area contributed by atoms with Crippen LogP contribution in [0.4, 0.5) is 15.8 Å². The van der Waals surface area contributed by atoms with E-state index in [1.54, 1.807) is 0 Å². The molecule has 0 bridgehead atoms. The molecule has 0 aromatic heterocycles. The molecule has 0 atom stereocenters. The SMILES string of the molecule is O=C(CNCC1CC1)Nc1ccc(F)c([N+](=O)[O-])c1. The summed E-state index contributed by atoms with van der Waals surface area (Å²) in [5, 5.41) is 16.0. The van der Waals surface area contributed by atoms with E-state index in [0.717, 1.165) is 18.7 Å². The zero-order valence-electron chi connectivity index (χ0n) is 10.2. The molecule has 102 valence electrons. The maximum absolute atomic E-state index is 13.1. The summed E-state index contributed by atoms with van der Waals surface area (Å²) in [6.07, 6.45) is 2.39. The van der Waals surface area contributed by atoms with E-state index in [2.05, 4.69) is 10.6 Å². The Kier molecular flexibility index (Phi) is 4.06. The van der Waals surface area contributed by atoms with Crippen LogP contribution in [0.15, 0.2) is 18.2 Å². The van der Waals surface area contributed by atoms with E-state index in [1.807, 2.05) is 0 Å². The molecular weight excluding hydrogens is 253 g/mol. The van der Waals surface area contributed by atoms with Crippen LogP contribution in [0.25, 0.3) is 0 Å². The molecular formula is C12H14FN3O3. The van der Waals surface area contributed by atoms with Gasteiger partial charge in [0.25, 0.3) is 0 Å². The first-order valence-electron chi connectivity index (χ1n) is 6.01. The maximum Gasteiger partial charge on any atom is 0.306 e. The van der Waals surface area contributed by atoms with Crippen molar-refractivity contribution in [2.45, 2.75) is 12.8 Å². The van der Waals surface area contributed by atoms with Crippen LogP contribution >= 0.6 is 0 Å². The highest BCUT2D eigenvalue weighted by molar-refractivity contribution is 5.92. The molecule has 1 aliphatic rings. The van der Waals surface area contributed by atoms with Gasteiger partial charge in [0.2, 0.25) is 11.7 Å². The van der Waals surface area contributed by atoms with Crippen LogP contribution in [-0.4, -0.2) is 23.9 Å². The number of anilines is 1. The number of nitrogens with one attached hydrogen (secondary N) is 2. The lowest BCUT2D eigenvalue weighted by Crippen LogP contribution is -2.29. The molecule has 2 rings (SSSR count). The summed E-state index contributed by atoms with van der Waals surface area (Å²) in [5.41, 5.74) is -0.435. The Hall–Kier alpha value is -2.02. The number of carbonyl (C=O) groups excluding carboxylic acids is 1. The zero-order chi connectivity index (χ0) is 13.8. The average molecular weight is 267 g/mol. The molecule has 1 aromatic carbocycles. The van der Waals surface area contributed by atoms with Crippen LogP contribution in [-0.2, 0) is 4.79 Å². The summed E-state index contributed by atoms with van der Waals surface area (Å²) in [6, 6.07) is 3.26. The van der Waals surface area contributed by atoms with Gasteiger partial charge in [0, 0.05) is 11.8 Å². The van der Waals surface area contributed by atoms with E-state index < -0.39 is 16.4 Å². The van der Waals surface area contributed by atoms with Crippen molar-refractivity contribution in [2.75, 3.05) is 18.4 Å². The van der Waals surface area contributed by atoms with Gasteiger partial charge in [0.05, 0.1) is 11.5 Å². The summed E-state index contributed by atoms with van der Waals surface area (Å²) in [5.74, 6) is -0.559. The van der Waals surface area contributed by atoms with Crippen molar-refractivity contribution in [1.82, 2.24) is 5.32 Å². The van der Waals surface area contributed by atoms with E-state index >= 15 is 0 Å². The number of amides is 1. The van der Waals surface area contributed by atoms with Crippen molar-refractivity contribution in [3.8, 4) is 0 Å². The Balaban J connectivity index is 1.88. The molecule has 0 heterocycles. The quantitative estimate of drug-likeness (QED) is 0.606. The first-order chi connectivity index (χ1) is 9.06. The first-order valence-corrected chi connectivity index (χ1v) is 6.01. The van der Waals surface area contributed by atoms with Gasteiger partial charge in [0.1, 0.15) is 0 Å². The van der Waals surface area contributed by atoms with Gasteiger partial charge in [0.15, 0.2) is 0 Å². The summed E-state index contributed by atoms with van der Waals surface area (Å²) in [7, 11) is 0. The second-order valence-corrected chi connectivity index (χ2v) is 4.55. The van der Waals surface area contributed by atoms with Crippen LogP contribution in [0.5, 0.6) is 0 Å². The van der Waals surface area contributed by atoms with Crippen LogP contribution in [0.3, 0.4) is 0 Å². The molecule has 0 saturated heterocycles. The number of nitro groups is 1. The van der Waals surface area contributed by atoms with Crippen molar-refractivity contribution in [1.29, 1.82) is 0 Å². The highest BCUT2D eigenvalue weighted by Gasteiger charge is 2.20. The number of nitrogens with zero attached hydrogens (tertiary/aromatic N) is 1. The molecule has 0 radical (unpaired) electrons. The fourth-order valence-corrected chi connectivity index (χ4v) is 1.65. The van der Waals surface area contributed by atoms with E-state index in [1.165, 1.54) is 18.9 Å². The Bertz CT molecular complexity index is 503. The molecule has 19 heavy (non-hydrogen) atoms. The first kappa shape index (κ1) is 13.4. The van der Waals surface area contributed by atoms with Crippen molar-refractivity contribution in [2.24, 2.45) is 5.92 Å². The van der Waals surface area contributed by atoms with Gasteiger partial charge in [-0.05, 0) is 37.4 Å². The molecule has 1 aliphatic carbocycles. The monoisotopic (exact) mass is 267 g/mol. The van der Waals surface area contributed by atoms with Crippen LogP contribution in [0.2, 0.25) is 0 Å². The number of benzene rings is 1. The third-order valence-corrected chi connectivity index (χ3v) is 2.84. The average Bonchev–Trinajstić information content (AvgIpc) is 3.15. The second-order valence-electron chi connectivity index (χ2n) is 4.55. The predicted octanol–water partition coefficient (Wildman–Crippen LogP) is 1.67. The van der Waals surface area contributed by atoms with Gasteiger partial charge < -0.3 is 10.6 Å². The third kappa shape index (κ3) is 3.99. The Morgan fingerprint density at radius 2 is 2.21 bits per heavy atom. The van der Waals surface area contributed by atoms with Crippen LogP contribution in [0, 0.1) is 21.8 Å². The maximum atomic E-state index is 13.1. The standard InChI is InChI=1S/C12H14FN3O3/c13-10-4-3-9(5-11(10)16(18)19)15-12(17)7-14-6-8-1-2-8/h3-5,8,14H,1-2,6-7H2,(H,15,17). The number of nitro benzene ring substituents is 1. The van der Waals surface area contributed by atoms with Gasteiger partial charge in [-0.1, -0.05) is 0 Å². The molecule has 0 aliphatic heterocycles. The lowest BCUT2D eigenvalue weighted by molar-refractivity contribution is -0.387. The summed E-state index contributed by atoms with van der Waals surface area (Å²) >= 11 is 0. The Morgan fingerprint density at radius 3 is 2.84 bits per heavy atom. The number of rotatable bonds is 6. The third-order valence-electron chi connectivity index (χ3n) is 2.84. The largest absolute Gasteiger partial charge is 0.325 e. The zero-order valence-corrected chi connectivity index (χ0v) is 10.2. The Labute approximate surface area is 109 Å². The molecule has 1 amide bonds. The summed E-state index contributed by atoms with van der Waals surface area (Å²) in [4.78, 5) is 21.3. The lowest BCUT2D eigenvalue weighted by Gasteiger charge is -2.06. The predicted molar refractivity (Wildman–Crippen MR) is 67.3 cm³/mol. The topological polar surface area (TPSA) is 84.3 Å². The van der Waals surface area contributed by atoms with E-state index in [0.29, 0.717) is 5.92 Å². The van der Waals surface area contributed by atoms with Gasteiger partial charge in [-0.25, -0.2) is 0 Å². The molecule has 1 fully saturated rings. The van der Waals surface area contributed by atoms with Gasteiger partial charge in [-0.15, -0.1) is 0 Å². The minimum atomic E-state index is -0.921. The van der Waals surface area contributed by atoms with Crippen LogP contribution < -0.4 is 10.6 Å². The highest BCUT2D eigenvalue weighted by Crippen LogP contribution is 2.27. The molecule has 2 N–H and O–H groups in total. The minimum absolute atomic E-state index is 0.141. The van der Waals surface area contributed by atoms with Crippen molar-refractivity contribution in [3.05, 3.63) is 34.1 Å². The Morgan fingerprint density at radius 1 is 1.47 bits per heavy atom. The number of halogens is 1. The fourth-order valence-electron chi connectivity index (χ4n) is 1.65. The number of carbonyl (C=O) groups is 1. The minimum Gasteiger partial charge on any atom is -0.325 e. The van der Waals surface area contributed by atoms with Gasteiger partial charge in [-0.3, -0.25) is 14.9 Å². The summed E-state index contributed by atoms with van der Waals surface area (Å²) < 4.78 is 13.1. The molecule has 6 nitrogen and oxygen atoms in total. The smallest absolute Gasteiger partial charge is 0.306 e. The molecule has 1 saturated carbocycles. The summed E-state index contributed by atoms with van der Waals surface area (Å²) in [6.45, 7) is 0.943. The van der Waals surface area contributed by atoms with Gasteiger partial charge in [-0.2, -0.15) is 4.39 Å². The van der Waals surface area contributed by atoms with Crippen molar-refractivity contribution >= 4 is 17.3 Å². The van der Waals surface area contributed by atoms with Crippen molar-refractivity contribution < 1.29 is 14.1 Å². The lowest BCUT2D eigenvalue weighted by atomic mass is 10.2.